The number of hydrogen-bond donors (Lipinski definition) is 1. The molecule has 0 fully saturated rings. The number of aromatic nitrogens is 2. The highest BCUT2D eigenvalue weighted by molar-refractivity contribution is 7.92. The zero-order chi connectivity index (χ0) is 22.7. The molecule has 0 saturated heterocycles. The first kappa shape index (κ1) is 21.0. The Morgan fingerprint density at radius 3 is 2.12 bits per heavy atom. The second-order valence-electron chi connectivity index (χ2n) is 7.14. The first-order valence-electron chi connectivity index (χ1n) is 10.1. The zero-order valence-electron chi connectivity index (χ0n) is 17.3. The standard InChI is InChI=1S/C25H19N3O3S2/c29-33(30,27-19-13-15-22(16-14-19)31-21-10-5-2-6-11-21)24-18-28(20-8-3-1-4-9-20)26-25(24)23-12-7-17-32-23/h1-18,27H. The predicted octanol–water partition coefficient (Wildman–Crippen LogP) is 6.19. The highest BCUT2D eigenvalue weighted by Crippen LogP contribution is 2.32. The Balaban J connectivity index is 1.44. The molecule has 0 aliphatic rings. The van der Waals surface area contributed by atoms with E-state index in [4.69, 9.17) is 4.74 Å². The monoisotopic (exact) mass is 473 g/mol. The summed E-state index contributed by atoms with van der Waals surface area (Å²) in [5.41, 5.74) is 1.62. The quantitative estimate of drug-likeness (QED) is 0.306. The van der Waals surface area contributed by atoms with Crippen molar-refractivity contribution < 1.29 is 13.2 Å². The van der Waals surface area contributed by atoms with Gasteiger partial charge in [-0.2, -0.15) is 5.10 Å². The SMILES string of the molecule is O=S(=O)(Nc1ccc(Oc2ccccc2)cc1)c1cn(-c2ccccc2)nc1-c1cccs1. The number of anilines is 1. The van der Waals surface area contributed by atoms with Crippen molar-refractivity contribution in [3.05, 3.63) is 109 Å². The molecular weight excluding hydrogens is 454 g/mol. The minimum Gasteiger partial charge on any atom is -0.457 e. The van der Waals surface area contributed by atoms with Gasteiger partial charge in [0.15, 0.2) is 0 Å². The number of nitrogens with one attached hydrogen (secondary N) is 1. The summed E-state index contributed by atoms with van der Waals surface area (Å²) < 4.78 is 36.7. The van der Waals surface area contributed by atoms with Gasteiger partial charge in [-0.1, -0.05) is 42.5 Å². The number of benzene rings is 3. The van der Waals surface area contributed by atoms with Gasteiger partial charge in [0.05, 0.1) is 16.8 Å². The number of ether oxygens (including phenoxy) is 1. The lowest BCUT2D eigenvalue weighted by molar-refractivity contribution is 0.483. The second kappa shape index (κ2) is 8.93. The summed E-state index contributed by atoms with van der Waals surface area (Å²) in [5, 5.41) is 6.47. The molecule has 2 heterocycles. The fraction of sp³-hybridized carbons (Fsp3) is 0. The minimum absolute atomic E-state index is 0.110. The molecule has 0 aliphatic carbocycles. The molecule has 164 valence electrons. The second-order valence-corrected chi connectivity index (χ2v) is 9.74. The van der Waals surface area contributed by atoms with Gasteiger partial charge in [-0.25, -0.2) is 13.1 Å². The Morgan fingerprint density at radius 1 is 0.788 bits per heavy atom. The molecule has 5 aromatic rings. The van der Waals surface area contributed by atoms with Crippen molar-refractivity contribution in [2.24, 2.45) is 0 Å². The van der Waals surface area contributed by atoms with E-state index in [1.807, 2.05) is 78.2 Å². The van der Waals surface area contributed by atoms with Crippen molar-refractivity contribution in [2.45, 2.75) is 4.90 Å². The molecular formula is C25H19N3O3S2. The van der Waals surface area contributed by atoms with Crippen LogP contribution in [0.5, 0.6) is 11.5 Å². The summed E-state index contributed by atoms with van der Waals surface area (Å²) in [5.74, 6) is 1.32. The van der Waals surface area contributed by atoms with Crippen molar-refractivity contribution in [2.75, 3.05) is 4.72 Å². The van der Waals surface area contributed by atoms with Crippen LogP contribution in [0.3, 0.4) is 0 Å². The van der Waals surface area contributed by atoms with Crippen molar-refractivity contribution in [1.82, 2.24) is 9.78 Å². The van der Waals surface area contributed by atoms with Crippen LogP contribution in [0.25, 0.3) is 16.3 Å². The maximum Gasteiger partial charge on any atom is 0.265 e. The van der Waals surface area contributed by atoms with Crippen LogP contribution in [-0.4, -0.2) is 18.2 Å². The Labute approximate surface area is 195 Å². The van der Waals surface area contributed by atoms with Crippen LogP contribution in [-0.2, 0) is 10.0 Å². The van der Waals surface area contributed by atoms with Crippen LogP contribution >= 0.6 is 11.3 Å². The molecule has 2 aromatic heterocycles. The largest absolute Gasteiger partial charge is 0.457 e. The Morgan fingerprint density at radius 2 is 1.45 bits per heavy atom. The lowest BCUT2D eigenvalue weighted by atomic mass is 10.3. The van der Waals surface area contributed by atoms with E-state index in [9.17, 15) is 8.42 Å². The highest BCUT2D eigenvalue weighted by atomic mass is 32.2. The fourth-order valence-corrected chi connectivity index (χ4v) is 5.27. The molecule has 1 N–H and O–H groups in total. The van der Waals surface area contributed by atoms with Crippen LogP contribution in [0, 0.1) is 0 Å². The van der Waals surface area contributed by atoms with E-state index in [1.165, 1.54) is 11.3 Å². The van der Waals surface area contributed by atoms with E-state index < -0.39 is 10.0 Å². The molecule has 0 aliphatic heterocycles. The van der Waals surface area contributed by atoms with E-state index >= 15 is 0 Å². The van der Waals surface area contributed by atoms with Gasteiger partial charge in [0, 0.05) is 5.69 Å². The summed E-state index contributed by atoms with van der Waals surface area (Å²) in [6, 6.07) is 29.3. The van der Waals surface area contributed by atoms with Gasteiger partial charge in [0.25, 0.3) is 10.0 Å². The van der Waals surface area contributed by atoms with Crippen molar-refractivity contribution in [1.29, 1.82) is 0 Å². The van der Waals surface area contributed by atoms with Crippen molar-refractivity contribution in [3.63, 3.8) is 0 Å². The lowest BCUT2D eigenvalue weighted by Crippen LogP contribution is -2.13. The molecule has 6 nitrogen and oxygen atoms in total. The van der Waals surface area contributed by atoms with Gasteiger partial charge < -0.3 is 4.74 Å². The van der Waals surface area contributed by atoms with Gasteiger partial charge in [0.1, 0.15) is 22.1 Å². The van der Waals surface area contributed by atoms with Crippen molar-refractivity contribution >= 4 is 27.0 Å². The lowest BCUT2D eigenvalue weighted by Gasteiger charge is -2.09. The highest BCUT2D eigenvalue weighted by Gasteiger charge is 2.25. The number of hydrogen-bond acceptors (Lipinski definition) is 5. The number of para-hydroxylation sites is 2. The maximum absolute atomic E-state index is 13.3. The summed E-state index contributed by atoms with van der Waals surface area (Å²) in [4.78, 5) is 0.884. The van der Waals surface area contributed by atoms with Crippen LogP contribution < -0.4 is 9.46 Å². The van der Waals surface area contributed by atoms with Gasteiger partial charge in [-0.3, -0.25) is 4.72 Å². The molecule has 0 amide bonds. The third-order valence-electron chi connectivity index (χ3n) is 4.83. The third kappa shape index (κ3) is 4.67. The minimum atomic E-state index is -3.90. The number of sulfonamides is 1. The molecule has 33 heavy (non-hydrogen) atoms. The Kier molecular flexibility index (Phi) is 5.68. The third-order valence-corrected chi connectivity index (χ3v) is 7.09. The predicted molar refractivity (Wildman–Crippen MR) is 131 cm³/mol. The number of rotatable bonds is 7. The van der Waals surface area contributed by atoms with E-state index in [1.54, 1.807) is 35.1 Å². The first-order valence-corrected chi connectivity index (χ1v) is 12.5. The maximum atomic E-state index is 13.3. The number of nitrogens with zero attached hydrogens (tertiary/aromatic N) is 2. The molecule has 0 atom stereocenters. The summed E-state index contributed by atoms with van der Waals surface area (Å²) in [6.07, 6.45) is 1.54. The molecule has 0 unspecified atom stereocenters. The fourth-order valence-electron chi connectivity index (χ4n) is 3.28. The average molecular weight is 474 g/mol. The molecule has 8 heteroatoms. The number of thiophene rings is 1. The zero-order valence-corrected chi connectivity index (χ0v) is 19.0. The van der Waals surface area contributed by atoms with Gasteiger partial charge in [0.2, 0.25) is 0 Å². The van der Waals surface area contributed by atoms with Crippen LogP contribution in [0.1, 0.15) is 0 Å². The average Bonchev–Trinajstić information content (AvgIpc) is 3.52. The Bertz CT molecular complexity index is 1450. The van der Waals surface area contributed by atoms with Gasteiger partial charge in [-0.05, 0) is 60.0 Å². The van der Waals surface area contributed by atoms with Crippen LogP contribution in [0.2, 0.25) is 0 Å². The topological polar surface area (TPSA) is 73.2 Å². The molecule has 3 aromatic carbocycles. The van der Waals surface area contributed by atoms with Crippen LogP contribution in [0.15, 0.2) is 114 Å². The van der Waals surface area contributed by atoms with E-state index in [0.29, 0.717) is 22.9 Å². The normalized spacial score (nSPS) is 11.3. The van der Waals surface area contributed by atoms with E-state index in [-0.39, 0.29) is 4.90 Å². The summed E-state index contributed by atoms with van der Waals surface area (Å²) >= 11 is 1.44. The van der Waals surface area contributed by atoms with Crippen molar-refractivity contribution in [3.8, 4) is 27.8 Å². The summed E-state index contributed by atoms with van der Waals surface area (Å²) in [7, 11) is -3.90. The molecule has 0 radical (unpaired) electrons. The Hall–Kier alpha value is -3.88. The first-order chi connectivity index (χ1) is 16.1. The molecule has 0 saturated carbocycles. The van der Waals surface area contributed by atoms with E-state index in [0.717, 1.165) is 10.6 Å². The van der Waals surface area contributed by atoms with E-state index in [2.05, 4.69) is 9.82 Å². The summed E-state index contributed by atoms with van der Waals surface area (Å²) in [6.45, 7) is 0. The van der Waals surface area contributed by atoms with Gasteiger partial charge in [-0.15, -0.1) is 11.3 Å². The smallest absolute Gasteiger partial charge is 0.265 e. The molecule has 0 spiro atoms. The molecule has 0 bridgehead atoms. The van der Waals surface area contributed by atoms with Gasteiger partial charge >= 0.3 is 0 Å². The molecule has 5 rings (SSSR count). The van der Waals surface area contributed by atoms with Crippen LogP contribution in [0.4, 0.5) is 5.69 Å².